The molecule has 1 unspecified atom stereocenters. The number of carboxylic acids is 1. The molecule has 190 valence electrons. The van der Waals surface area contributed by atoms with E-state index in [2.05, 4.69) is 17.2 Å². The zero-order valence-electron chi connectivity index (χ0n) is 19.1. The average molecular weight is 496 g/mol. The molecule has 0 aromatic carbocycles. The molecular formula is C19H33N2O11P. The summed E-state index contributed by atoms with van der Waals surface area (Å²) in [4.78, 5) is 44.2. The maximum Gasteiger partial charge on any atom is 0.475 e. The average Bonchev–Trinajstić information content (AvgIpc) is 2.69. The van der Waals surface area contributed by atoms with Crippen molar-refractivity contribution < 1.29 is 51.9 Å². The van der Waals surface area contributed by atoms with Crippen molar-refractivity contribution in [1.29, 1.82) is 0 Å². The number of esters is 1. The van der Waals surface area contributed by atoms with E-state index in [0.29, 0.717) is 6.42 Å². The Balaban J connectivity index is 4.68. The summed E-state index contributed by atoms with van der Waals surface area (Å²) in [7, 11) is -4.09. The van der Waals surface area contributed by atoms with Crippen LogP contribution in [0.3, 0.4) is 0 Å². The molecule has 0 heterocycles. The molecule has 0 aromatic rings. The minimum Gasteiger partial charge on any atom is -0.481 e. The Labute approximate surface area is 192 Å². The van der Waals surface area contributed by atoms with Crippen molar-refractivity contribution in [3.63, 3.8) is 0 Å². The van der Waals surface area contributed by atoms with Crippen LogP contribution in [0.1, 0.15) is 33.6 Å². The van der Waals surface area contributed by atoms with Crippen LogP contribution in [0.2, 0.25) is 0 Å². The summed E-state index contributed by atoms with van der Waals surface area (Å²) in [6, 6.07) is -0.689. The fraction of sp³-hybridized carbons (Fsp3) is 0.684. The highest BCUT2D eigenvalue weighted by molar-refractivity contribution is 7.48. The Hall–Kier alpha value is -2.31. The molecule has 13 nitrogen and oxygen atoms in total. The van der Waals surface area contributed by atoms with Crippen LogP contribution in [0.15, 0.2) is 12.7 Å². The molecule has 0 radical (unpaired) electrons. The summed E-state index contributed by atoms with van der Waals surface area (Å²) in [5.74, 6) is -2.79. The van der Waals surface area contributed by atoms with E-state index >= 15 is 0 Å². The van der Waals surface area contributed by atoms with Crippen LogP contribution in [-0.2, 0) is 46.8 Å². The summed E-state index contributed by atoms with van der Waals surface area (Å²) in [6.45, 7) is 7.17. The number of phosphoric ester groups is 1. The van der Waals surface area contributed by atoms with Gasteiger partial charge < -0.3 is 25.2 Å². The molecule has 14 heteroatoms. The lowest BCUT2D eigenvalue weighted by atomic mass is 10.3. The molecule has 0 aliphatic carbocycles. The van der Waals surface area contributed by atoms with Gasteiger partial charge in [0.25, 0.3) is 0 Å². The lowest BCUT2D eigenvalue weighted by Gasteiger charge is -2.22. The first kappa shape index (κ1) is 30.7. The minimum atomic E-state index is -4.09. The number of carboxylic acid groups (broad SMARTS) is 1. The highest BCUT2D eigenvalue weighted by Crippen LogP contribution is 2.49. The summed E-state index contributed by atoms with van der Waals surface area (Å²) in [5, 5.41) is 13.4. The topological polar surface area (TPSA) is 176 Å². The van der Waals surface area contributed by atoms with Gasteiger partial charge in [-0.05, 0) is 6.92 Å². The zero-order valence-corrected chi connectivity index (χ0v) is 20.0. The maximum absolute atomic E-state index is 12.8. The predicted octanol–water partition coefficient (Wildman–Crippen LogP) is 0.784. The number of carbonyl (C=O) groups is 4. The third-order valence-corrected chi connectivity index (χ3v) is 4.96. The number of carbonyl (C=O) groups excluding carboxylic acids is 3. The van der Waals surface area contributed by atoms with Crippen molar-refractivity contribution in [3.8, 4) is 0 Å². The molecule has 2 amide bonds. The molecule has 33 heavy (non-hydrogen) atoms. The molecule has 0 spiro atoms. The molecule has 0 rings (SSSR count). The minimum absolute atomic E-state index is 0.0130. The van der Waals surface area contributed by atoms with Crippen molar-refractivity contribution in [2.24, 2.45) is 0 Å². The summed E-state index contributed by atoms with van der Waals surface area (Å²) in [5.41, 5.74) is 0. The highest BCUT2D eigenvalue weighted by atomic mass is 31.2. The molecule has 0 aliphatic rings. The van der Waals surface area contributed by atoms with Gasteiger partial charge in [0.15, 0.2) is 0 Å². The molecular weight excluding hydrogens is 463 g/mol. The molecule has 3 N–H and O–H groups in total. The van der Waals surface area contributed by atoms with Crippen molar-refractivity contribution >= 4 is 31.6 Å². The van der Waals surface area contributed by atoms with Crippen LogP contribution in [0.4, 0.5) is 0 Å². The second kappa shape index (κ2) is 17.2. The van der Waals surface area contributed by atoms with Crippen molar-refractivity contribution in [2.45, 2.75) is 45.8 Å². The van der Waals surface area contributed by atoms with Gasteiger partial charge in [-0.2, -0.15) is 0 Å². The van der Waals surface area contributed by atoms with Gasteiger partial charge in [0.05, 0.1) is 39.1 Å². The molecule has 0 saturated carbocycles. The van der Waals surface area contributed by atoms with E-state index in [4.69, 9.17) is 28.2 Å². The van der Waals surface area contributed by atoms with Gasteiger partial charge in [-0.1, -0.05) is 6.08 Å². The summed E-state index contributed by atoms with van der Waals surface area (Å²) >= 11 is 0. The standard InChI is InChI=1S/C19H33N2O11P/c1-5-8-29-33(27,30-10-7-20-18(24)11-19(25)26)31-13-17(21-15(3)22)12-28-9-6-14(2)32-16(4)23/h5,14,17H,1,6-13H2,2-4H3,(H,20,24)(H,21,22)(H,25,26)/t14-,17-,33?/m1/s1. The van der Waals surface area contributed by atoms with Crippen LogP contribution in [0, 0.1) is 0 Å². The van der Waals surface area contributed by atoms with Gasteiger partial charge >= 0.3 is 19.8 Å². The Morgan fingerprint density at radius 1 is 1.09 bits per heavy atom. The number of hydrogen-bond acceptors (Lipinski definition) is 10. The lowest BCUT2D eigenvalue weighted by molar-refractivity contribution is -0.146. The van der Waals surface area contributed by atoms with Crippen LogP contribution >= 0.6 is 7.82 Å². The molecule has 3 atom stereocenters. The molecule has 0 bridgehead atoms. The van der Waals surface area contributed by atoms with E-state index in [1.165, 1.54) is 19.9 Å². The van der Waals surface area contributed by atoms with Crippen LogP contribution in [-0.4, -0.2) is 80.6 Å². The lowest BCUT2D eigenvalue weighted by Crippen LogP contribution is -2.40. The highest BCUT2D eigenvalue weighted by Gasteiger charge is 2.28. The predicted molar refractivity (Wildman–Crippen MR) is 115 cm³/mol. The van der Waals surface area contributed by atoms with Gasteiger partial charge in [-0.15, -0.1) is 6.58 Å². The third-order valence-electron chi connectivity index (χ3n) is 3.53. The first-order valence-corrected chi connectivity index (χ1v) is 11.6. The number of rotatable bonds is 19. The third kappa shape index (κ3) is 17.9. The van der Waals surface area contributed by atoms with Crippen molar-refractivity contribution in [3.05, 3.63) is 12.7 Å². The van der Waals surface area contributed by atoms with Crippen LogP contribution in [0.25, 0.3) is 0 Å². The number of phosphoric acid groups is 1. The second-order valence-electron chi connectivity index (χ2n) is 6.76. The quantitative estimate of drug-likeness (QED) is 0.0757. The van der Waals surface area contributed by atoms with Gasteiger partial charge in [-0.25, -0.2) is 4.57 Å². The Bertz CT molecular complexity index is 701. The van der Waals surface area contributed by atoms with E-state index in [1.807, 2.05) is 0 Å². The van der Waals surface area contributed by atoms with E-state index < -0.39 is 38.1 Å². The first-order chi connectivity index (χ1) is 15.5. The van der Waals surface area contributed by atoms with E-state index in [9.17, 15) is 23.7 Å². The Kier molecular flexibility index (Phi) is 16.0. The molecule has 0 saturated heterocycles. The van der Waals surface area contributed by atoms with Gasteiger partial charge in [0.2, 0.25) is 11.8 Å². The normalized spacial score (nSPS) is 14.4. The molecule has 0 aromatic heterocycles. The van der Waals surface area contributed by atoms with E-state index in [0.717, 1.165) is 0 Å². The second-order valence-corrected chi connectivity index (χ2v) is 8.43. The van der Waals surface area contributed by atoms with Crippen LogP contribution in [0.5, 0.6) is 0 Å². The molecule has 0 aliphatic heterocycles. The maximum atomic E-state index is 12.8. The van der Waals surface area contributed by atoms with Gasteiger partial charge in [0, 0.05) is 26.8 Å². The smallest absolute Gasteiger partial charge is 0.475 e. The summed E-state index contributed by atoms with van der Waals surface area (Å²) in [6.07, 6.45) is 0.714. The number of aliphatic carboxylic acids is 1. The fourth-order valence-electron chi connectivity index (χ4n) is 2.22. The number of hydrogen-bond donors (Lipinski definition) is 3. The molecule has 0 fully saturated rings. The largest absolute Gasteiger partial charge is 0.481 e. The van der Waals surface area contributed by atoms with Gasteiger partial charge in [0.1, 0.15) is 12.5 Å². The Morgan fingerprint density at radius 3 is 2.36 bits per heavy atom. The van der Waals surface area contributed by atoms with Crippen molar-refractivity contribution in [2.75, 3.05) is 39.6 Å². The van der Waals surface area contributed by atoms with Gasteiger partial charge in [-0.3, -0.25) is 32.7 Å². The van der Waals surface area contributed by atoms with E-state index in [1.54, 1.807) is 6.92 Å². The number of nitrogens with one attached hydrogen (secondary N) is 2. The van der Waals surface area contributed by atoms with Crippen molar-refractivity contribution in [1.82, 2.24) is 10.6 Å². The number of amides is 2. The van der Waals surface area contributed by atoms with Crippen LogP contribution < -0.4 is 10.6 Å². The zero-order chi connectivity index (χ0) is 25.3. The fourth-order valence-corrected chi connectivity index (χ4v) is 3.41. The monoisotopic (exact) mass is 496 g/mol. The Morgan fingerprint density at radius 2 is 1.79 bits per heavy atom. The SMILES string of the molecule is C=CCOP(=O)(OCCNC(=O)CC(=O)O)OC[C@@H](COCC[C@@H](C)OC(C)=O)NC(C)=O. The van der Waals surface area contributed by atoms with E-state index in [-0.39, 0.29) is 51.6 Å². The summed E-state index contributed by atoms with van der Waals surface area (Å²) < 4.78 is 38.8. The first-order valence-electron chi connectivity index (χ1n) is 10.1. The number of ether oxygens (including phenoxy) is 2.